The van der Waals surface area contributed by atoms with E-state index in [1.165, 1.54) is 79.6 Å². The minimum atomic E-state index is -1.45. The van der Waals surface area contributed by atoms with Crippen molar-refractivity contribution in [2.45, 2.75) is 19.6 Å². The van der Waals surface area contributed by atoms with Gasteiger partial charge in [0.25, 0.3) is 0 Å². The Labute approximate surface area is 384 Å². The van der Waals surface area contributed by atoms with Crippen molar-refractivity contribution < 1.29 is 0 Å². The summed E-state index contributed by atoms with van der Waals surface area (Å²) in [6.07, 6.45) is 0. The molecule has 0 amide bonds. The average Bonchev–Trinajstić information content (AvgIpc) is 3.73. The van der Waals surface area contributed by atoms with E-state index in [1.54, 1.807) is 0 Å². The van der Waals surface area contributed by atoms with Gasteiger partial charge in [0.2, 0.25) is 0 Å². The van der Waals surface area contributed by atoms with Crippen LogP contribution in [-0.4, -0.2) is 8.07 Å². The monoisotopic (exact) mass is 866 g/mol. The molecule has 0 saturated heterocycles. The molecule has 12 rings (SSSR count). The Hall–Kier alpha value is -7.50. The average molecular weight is 867 g/mol. The highest BCUT2D eigenvalue weighted by atomic mass is 32.1. The van der Waals surface area contributed by atoms with Crippen LogP contribution in [0.2, 0.25) is 19.6 Å². The van der Waals surface area contributed by atoms with Gasteiger partial charge in [0.15, 0.2) is 0 Å². The summed E-state index contributed by atoms with van der Waals surface area (Å²) in [5, 5.41) is 14.1. The number of para-hydroxylation sites is 2. The van der Waals surface area contributed by atoms with Gasteiger partial charge in [-0.15, -0.1) is 11.3 Å². The van der Waals surface area contributed by atoms with Crippen LogP contribution >= 0.6 is 11.3 Å². The maximum Gasteiger partial charge on any atom is 0.0775 e. The lowest BCUT2D eigenvalue weighted by Crippen LogP contribution is -2.37. The van der Waals surface area contributed by atoms with E-state index in [1.807, 2.05) is 11.3 Å². The molecular weight excluding hydrogens is 821 g/mol. The van der Waals surface area contributed by atoms with Crippen LogP contribution in [0.15, 0.2) is 224 Å². The smallest absolute Gasteiger partial charge is 0.0775 e. The summed E-state index contributed by atoms with van der Waals surface area (Å²) in [6, 6.07) is 83.2. The molecule has 0 radical (unpaired) electrons. The summed E-state index contributed by atoms with van der Waals surface area (Å²) in [6.45, 7) is 7.22. The second-order valence-electron chi connectivity index (χ2n) is 18.1. The summed E-state index contributed by atoms with van der Waals surface area (Å²) < 4.78 is 2.61. The Bertz CT molecular complexity index is 3740. The van der Waals surface area contributed by atoms with E-state index < -0.39 is 8.07 Å². The molecule has 0 N–H and O–H groups in total. The third kappa shape index (κ3) is 6.76. The second-order valence-corrected chi connectivity index (χ2v) is 24.3. The van der Waals surface area contributed by atoms with E-state index in [0.29, 0.717) is 0 Å². The molecule has 0 bridgehead atoms. The zero-order valence-corrected chi connectivity index (χ0v) is 38.5. The number of hydrogen-bond donors (Lipinski definition) is 0. The molecule has 0 unspecified atom stereocenters. The molecule has 0 spiro atoms. The van der Waals surface area contributed by atoms with E-state index in [0.717, 1.165) is 34.1 Å². The van der Waals surface area contributed by atoms with Crippen molar-refractivity contribution in [3.63, 3.8) is 0 Å². The summed E-state index contributed by atoms with van der Waals surface area (Å²) in [5.41, 5.74) is 9.21. The molecule has 11 aromatic carbocycles. The van der Waals surface area contributed by atoms with Crippen LogP contribution in [0.25, 0.3) is 74.4 Å². The summed E-state index contributed by atoms with van der Waals surface area (Å²) in [4.78, 5) is 4.85. The predicted octanol–water partition coefficient (Wildman–Crippen LogP) is 17.8. The highest BCUT2D eigenvalue weighted by Crippen LogP contribution is 2.47. The third-order valence-corrected chi connectivity index (χ3v) is 16.4. The van der Waals surface area contributed by atoms with Crippen LogP contribution in [0.5, 0.6) is 0 Å². The number of rotatable bonds is 8. The van der Waals surface area contributed by atoms with E-state index in [9.17, 15) is 0 Å². The van der Waals surface area contributed by atoms with Crippen molar-refractivity contribution in [3.8, 4) is 11.1 Å². The molecule has 0 fully saturated rings. The zero-order chi connectivity index (χ0) is 43.6. The Morgan fingerprint density at radius 3 is 1.63 bits per heavy atom. The van der Waals surface area contributed by atoms with Crippen LogP contribution in [0.3, 0.4) is 0 Å². The zero-order valence-electron chi connectivity index (χ0n) is 36.7. The van der Waals surface area contributed by atoms with Crippen LogP contribution in [0, 0.1) is 0 Å². The number of nitrogens with zero attached hydrogens (tertiary/aromatic N) is 2. The predicted molar refractivity (Wildman–Crippen MR) is 287 cm³/mol. The van der Waals surface area contributed by atoms with Gasteiger partial charge in [-0.05, 0) is 128 Å². The fourth-order valence-corrected chi connectivity index (χ4v) is 12.2. The van der Waals surface area contributed by atoms with Gasteiger partial charge in [-0.25, -0.2) is 0 Å². The molecule has 0 aliphatic carbocycles. The first-order valence-corrected chi connectivity index (χ1v) is 26.8. The van der Waals surface area contributed by atoms with Crippen LogP contribution < -0.4 is 15.0 Å². The van der Waals surface area contributed by atoms with Gasteiger partial charge in [0, 0.05) is 54.2 Å². The first-order valence-electron chi connectivity index (χ1n) is 22.5. The molecule has 65 heavy (non-hydrogen) atoms. The van der Waals surface area contributed by atoms with Crippen molar-refractivity contribution in [2.75, 3.05) is 9.80 Å². The maximum atomic E-state index is 2.46. The maximum absolute atomic E-state index is 2.46. The van der Waals surface area contributed by atoms with Gasteiger partial charge in [0.1, 0.15) is 0 Å². The standard InChI is InChI=1S/C61H46N2SSi/c1-65(2,3)48-32-27-44(28-33-48)62(43-18-8-5-9-19-43)45-29-35-50-42(38-45)26-34-55-52-36-30-46(39-56(52)51-21-10-11-23-54(51)61(50)55)63(58-24-14-12-20-49(58)41-16-6-4-7-17-41)47-31-37-60-57(40-47)53-22-13-15-25-59(53)64-60/h4-40H,1-3H3. The van der Waals surface area contributed by atoms with E-state index in [4.69, 9.17) is 0 Å². The van der Waals surface area contributed by atoms with Crippen molar-refractivity contribution in [1.29, 1.82) is 0 Å². The number of fused-ring (bicyclic) bond motifs is 11. The topological polar surface area (TPSA) is 6.48 Å². The minimum Gasteiger partial charge on any atom is -0.310 e. The second kappa shape index (κ2) is 15.6. The van der Waals surface area contributed by atoms with Crippen molar-refractivity contribution in [1.82, 2.24) is 0 Å². The first kappa shape index (κ1) is 39.1. The lowest BCUT2D eigenvalue weighted by molar-refractivity contribution is 1.29. The SMILES string of the molecule is C[Si](C)(C)c1ccc(N(c2ccccc2)c2ccc3c(ccc4c5ccc(N(c6ccc7sc8ccccc8c7c6)c6ccccc6-c6ccccc6)cc5c5ccccc5c34)c2)cc1. The van der Waals surface area contributed by atoms with Gasteiger partial charge >= 0.3 is 0 Å². The number of anilines is 6. The van der Waals surface area contributed by atoms with Gasteiger partial charge < -0.3 is 9.80 Å². The van der Waals surface area contributed by atoms with E-state index in [-0.39, 0.29) is 0 Å². The molecule has 0 aliphatic heterocycles. The van der Waals surface area contributed by atoms with Crippen LogP contribution in [-0.2, 0) is 0 Å². The molecular formula is C61H46N2SSi. The van der Waals surface area contributed by atoms with Gasteiger partial charge in [-0.3, -0.25) is 0 Å². The molecule has 12 aromatic rings. The fourth-order valence-electron chi connectivity index (χ4n) is 9.98. The van der Waals surface area contributed by atoms with Crippen molar-refractivity contribution in [2.24, 2.45) is 0 Å². The summed E-state index contributed by atoms with van der Waals surface area (Å²) in [7, 11) is -1.45. The number of hydrogen-bond acceptors (Lipinski definition) is 3. The Morgan fingerprint density at radius 2 is 0.862 bits per heavy atom. The molecule has 1 heterocycles. The normalized spacial score (nSPS) is 11.9. The lowest BCUT2D eigenvalue weighted by atomic mass is 9.90. The molecule has 0 atom stereocenters. The van der Waals surface area contributed by atoms with E-state index in [2.05, 4.69) is 254 Å². The van der Waals surface area contributed by atoms with Crippen molar-refractivity contribution in [3.05, 3.63) is 224 Å². The Morgan fingerprint density at radius 1 is 0.338 bits per heavy atom. The van der Waals surface area contributed by atoms with Crippen LogP contribution in [0.1, 0.15) is 0 Å². The molecule has 310 valence electrons. The largest absolute Gasteiger partial charge is 0.310 e. The molecule has 1 aromatic heterocycles. The Kier molecular flexibility index (Phi) is 9.41. The highest BCUT2D eigenvalue weighted by Gasteiger charge is 2.22. The fraction of sp³-hybridized carbons (Fsp3) is 0.0492. The van der Waals surface area contributed by atoms with Crippen molar-refractivity contribution >= 4 is 122 Å². The van der Waals surface area contributed by atoms with Crippen LogP contribution in [0.4, 0.5) is 34.1 Å². The van der Waals surface area contributed by atoms with Gasteiger partial charge in [0.05, 0.1) is 13.8 Å². The van der Waals surface area contributed by atoms with E-state index >= 15 is 0 Å². The van der Waals surface area contributed by atoms with Gasteiger partial charge in [-0.1, -0.05) is 170 Å². The molecule has 0 aliphatic rings. The summed E-state index contributed by atoms with van der Waals surface area (Å²) >= 11 is 1.86. The van der Waals surface area contributed by atoms with Gasteiger partial charge in [-0.2, -0.15) is 0 Å². The summed E-state index contributed by atoms with van der Waals surface area (Å²) in [5.74, 6) is 0. The lowest BCUT2D eigenvalue weighted by Gasteiger charge is -2.28. The number of thiophene rings is 1. The molecule has 2 nitrogen and oxygen atoms in total. The first-order chi connectivity index (χ1) is 31.9. The minimum absolute atomic E-state index is 1.12. The quantitative estimate of drug-likeness (QED) is 0.111. The highest BCUT2D eigenvalue weighted by molar-refractivity contribution is 7.25. The Balaban J connectivity index is 1.05. The molecule has 0 saturated carbocycles. The third-order valence-electron chi connectivity index (χ3n) is 13.2. The number of benzene rings is 11. The molecule has 4 heteroatoms.